The molecule has 0 radical (unpaired) electrons. The van der Waals surface area contributed by atoms with Gasteiger partial charge in [-0.3, -0.25) is 9.59 Å². The first-order chi connectivity index (χ1) is 13.8. The van der Waals surface area contributed by atoms with E-state index < -0.39 is 0 Å². The van der Waals surface area contributed by atoms with Gasteiger partial charge in [0.15, 0.2) is 0 Å². The second-order valence-electron chi connectivity index (χ2n) is 7.76. The average molecular weight is 396 g/mol. The van der Waals surface area contributed by atoms with Gasteiger partial charge in [-0.2, -0.15) is 0 Å². The molecule has 0 saturated carbocycles. The SMILES string of the molecule is Cc1ccc(NC(=O)CNc2ccc(C(=O)N3CC(C)OC(C)C3)cc2)c(C)c1. The van der Waals surface area contributed by atoms with Crippen LogP contribution in [0.3, 0.4) is 0 Å². The van der Waals surface area contributed by atoms with Crippen LogP contribution in [0.2, 0.25) is 0 Å². The summed E-state index contributed by atoms with van der Waals surface area (Å²) in [6.07, 6.45) is 0.0821. The van der Waals surface area contributed by atoms with Crippen LogP contribution in [-0.4, -0.2) is 48.6 Å². The van der Waals surface area contributed by atoms with Crippen LogP contribution >= 0.6 is 0 Å². The molecule has 2 aromatic rings. The number of hydrogen-bond donors (Lipinski definition) is 2. The molecular formula is C23H29N3O3. The fourth-order valence-corrected chi connectivity index (χ4v) is 3.59. The van der Waals surface area contributed by atoms with Gasteiger partial charge in [-0.05, 0) is 63.6 Å². The zero-order chi connectivity index (χ0) is 21.0. The molecule has 2 N–H and O–H groups in total. The van der Waals surface area contributed by atoms with Crippen LogP contribution in [0.4, 0.5) is 11.4 Å². The Morgan fingerprint density at radius 3 is 2.31 bits per heavy atom. The van der Waals surface area contributed by atoms with E-state index in [1.165, 1.54) is 0 Å². The number of rotatable bonds is 5. The Bertz CT molecular complexity index is 869. The highest BCUT2D eigenvalue weighted by atomic mass is 16.5. The van der Waals surface area contributed by atoms with Gasteiger partial charge < -0.3 is 20.3 Å². The molecule has 154 valence electrons. The first-order valence-electron chi connectivity index (χ1n) is 9.97. The normalized spacial score (nSPS) is 19.0. The van der Waals surface area contributed by atoms with Crippen molar-refractivity contribution in [3.05, 3.63) is 59.2 Å². The molecule has 6 heteroatoms. The fraction of sp³-hybridized carbons (Fsp3) is 0.391. The largest absolute Gasteiger partial charge is 0.376 e. The fourth-order valence-electron chi connectivity index (χ4n) is 3.59. The van der Waals surface area contributed by atoms with E-state index >= 15 is 0 Å². The van der Waals surface area contributed by atoms with E-state index in [0.29, 0.717) is 18.7 Å². The van der Waals surface area contributed by atoms with E-state index in [4.69, 9.17) is 4.74 Å². The number of benzene rings is 2. The minimum absolute atomic E-state index is 0.00568. The van der Waals surface area contributed by atoms with Crippen LogP contribution in [0.5, 0.6) is 0 Å². The molecule has 1 saturated heterocycles. The summed E-state index contributed by atoms with van der Waals surface area (Å²) >= 11 is 0. The van der Waals surface area contributed by atoms with E-state index in [1.54, 1.807) is 12.1 Å². The number of morpholine rings is 1. The van der Waals surface area contributed by atoms with Crippen molar-refractivity contribution >= 4 is 23.2 Å². The maximum absolute atomic E-state index is 12.7. The Morgan fingerprint density at radius 1 is 1.03 bits per heavy atom. The topological polar surface area (TPSA) is 70.7 Å². The second kappa shape index (κ2) is 9.09. The Balaban J connectivity index is 1.53. The monoisotopic (exact) mass is 395 g/mol. The first-order valence-corrected chi connectivity index (χ1v) is 9.97. The molecule has 1 aliphatic rings. The molecule has 2 amide bonds. The number of nitrogens with zero attached hydrogens (tertiary/aromatic N) is 1. The van der Waals surface area contributed by atoms with Crippen LogP contribution in [0.25, 0.3) is 0 Å². The van der Waals surface area contributed by atoms with Crippen molar-refractivity contribution in [1.29, 1.82) is 0 Å². The number of anilines is 2. The minimum Gasteiger partial charge on any atom is -0.376 e. The summed E-state index contributed by atoms with van der Waals surface area (Å²) in [7, 11) is 0. The maximum Gasteiger partial charge on any atom is 0.254 e. The molecule has 1 aliphatic heterocycles. The Kier molecular flexibility index (Phi) is 6.54. The summed E-state index contributed by atoms with van der Waals surface area (Å²) in [5.74, 6) is -0.112. The number of ether oxygens (including phenoxy) is 1. The Morgan fingerprint density at radius 2 is 1.69 bits per heavy atom. The number of hydrogen-bond acceptors (Lipinski definition) is 4. The lowest BCUT2D eigenvalue weighted by molar-refractivity contribution is -0.114. The lowest BCUT2D eigenvalue weighted by Gasteiger charge is -2.35. The van der Waals surface area contributed by atoms with Crippen molar-refractivity contribution in [2.75, 3.05) is 30.3 Å². The number of nitrogens with one attached hydrogen (secondary N) is 2. The summed E-state index contributed by atoms with van der Waals surface area (Å²) in [5, 5.41) is 6.01. The lowest BCUT2D eigenvalue weighted by atomic mass is 10.1. The molecular weight excluding hydrogens is 366 g/mol. The van der Waals surface area contributed by atoms with Gasteiger partial charge in [0, 0.05) is 30.0 Å². The summed E-state index contributed by atoms with van der Waals surface area (Å²) in [5.41, 5.74) is 4.44. The maximum atomic E-state index is 12.7. The van der Waals surface area contributed by atoms with Gasteiger partial charge in [0.1, 0.15) is 0 Å². The van der Waals surface area contributed by atoms with Gasteiger partial charge in [0.05, 0.1) is 18.8 Å². The first kappa shape index (κ1) is 20.9. The summed E-state index contributed by atoms with van der Waals surface area (Å²) in [6, 6.07) is 13.2. The number of aryl methyl sites for hydroxylation is 2. The summed E-state index contributed by atoms with van der Waals surface area (Å²) < 4.78 is 5.69. The standard InChI is InChI=1S/C23H29N3O3/c1-15-5-10-21(16(2)11-15)25-22(27)12-24-20-8-6-19(7-9-20)23(28)26-13-17(3)29-18(4)14-26/h5-11,17-18,24H,12-14H2,1-4H3,(H,25,27). The van der Waals surface area contributed by atoms with Crippen LogP contribution in [0.15, 0.2) is 42.5 Å². The zero-order valence-electron chi connectivity index (χ0n) is 17.5. The molecule has 2 atom stereocenters. The Hall–Kier alpha value is -2.86. The molecule has 29 heavy (non-hydrogen) atoms. The van der Waals surface area contributed by atoms with E-state index in [9.17, 15) is 9.59 Å². The molecule has 1 fully saturated rings. The van der Waals surface area contributed by atoms with Crippen molar-refractivity contribution in [1.82, 2.24) is 4.90 Å². The highest BCUT2D eigenvalue weighted by Crippen LogP contribution is 2.17. The van der Waals surface area contributed by atoms with Crippen molar-refractivity contribution < 1.29 is 14.3 Å². The predicted octanol–water partition coefficient (Wildman–Crippen LogP) is 3.60. The highest BCUT2D eigenvalue weighted by Gasteiger charge is 2.26. The molecule has 2 aromatic carbocycles. The Labute approximate surface area is 172 Å². The molecule has 0 aliphatic carbocycles. The summed E-state index contributed by atoms with van der Waals surface area (Å²) in [6.45, 7) is 9.30. The van der Waals surface area contributed by atoms with Crippen molar-refractivity contribution in [2.45, 2.75) is 39.9 Å². The number of amides is 2. The molecule has 3 rings (SSSR count). The number of carbonyl (C=O) groups is 2. The van der Waals surface area contributed by atoms with E-state index in [2.05, 4.69) is 10.6 Å². The third kappa shape index (κ3) is 5.57. The zero-order valence-corrected chi connectivity index (χ0v) is 17.5. The van der Waals surface area contributed by atoms with Gasteiger partial charge in [0.25, 0.3) is 5.91 Å². The van der Waals surface area contributed by atoms with Crippen LogP contribution in [-0.2, 0) is 9.53 Å². The van der Waals surface area contributed by atoms with Gasteiger partial charge in [-0.15, -0.1) is 0 Å². The van der Waals surface area contributed by atoms with Gasteiger partial charge in [-0.1, -0.05) is 17.7 Å². The van der Waals surface area contributed by atoms with Gasteiger partial charge >= 0.3 is 0 Å². The molecule has 6 nitrogen and oxygen atoms in total. The predicted molar refractivity (Wildman–Crippen MR) is 115 cm³/mol. The van der Waals surface area contributed by atoms with Crippen molar-refractivity contribution in [3.8, 4) is 0 Å². The summed E-state index contributed by atoms with van der Waals surface area (Å²) in [4.78, 5) is 26.8. The number of carbonyl (C=O) groups excluding carboxylic acids is 2. The van der Waals surface area contributed by atoms with Gasteiger partial charge in [-0.25, -0.2) is 0 Å². The molecule has 0 aromatic heterocycles. The van der Waals surface area contributed by atoms with Crippen molar-refractivity contribution in [2.24, 2.45) is 0 Å². The van der Waals surface area contributed by atoms with Crippen LogP contribution in [0.1, 0.15) is 35.3 Å². The molecule has 1 heterocycles. The smallest absolute Gasteiger partial charge is 0.254 e. The average Bonchev–Trinajstić information content (AvgIpc) is 2.67. The quantitative estimate of drug-likeness (QED) is 0.811. The van der Waals surface area contributed by atoms with E-state index in [0.717, 1.165) is 22.5 Å². The third-order valence-corrected chi connectivity index (χ3v) is 4.95. The third-order valence-electron chi connectivity index (χ3n) is 4.95. The molecule has 0 spiro atoms. The van der Waals surface area contributed by atoms with Gasteiger partial charge in [0.2, 0.25) is 5.91 Å². The molecule has 0 bridgehead atoms. The van der Waals surface area contributed by atoms with Crippen molar-refractivity contribution in [3.63, 3.8) is 0 Å². The van der Waals surface area contributed by atoms with E-state index in [-0.39, 0.29) is 30.6 Å². The second-order valence-corrected chi connectivity index (χ2v) is 7.76. The van der Waals surface area contributed by atoms with Crippen LogP contribution in [0, 0.1) is 13.8 Å². The minimum atomic E-state index is -0.117. The van der Waals surface area contributed by atoms with E-state index in [1.807, 2.05) is 62.9 Å². The molecule has 2 unspecified atom stereocenters. The lowest BCUT2D eigenvalue weighted by Crippen LogP contribution is -2.48. The highest BCUT2D eigenvalue weighted by molar-refractivity contribution is 5.95. The van der Waals surface area contributed by atoms with Crippen LogP contribution < -0.4 is 10.6 Å².